The molecule has 1 fully saturated rings. The predicted molar refractivity (Wildman–Crippen MR) is 114 cm³/mol. The van der Waals surface area contributed by atoms with Crippen LogP contribution in [-0.4, -0.2) is 63.7 Å². The van der Waals surface area contributed by atoms with E-state index in [-0.39, 0.29) is 18.2 Å². The van der Waals surface area contributed by atoms with Crippen molar-refractivity contribution in [1.82, 2.24) is 9.62 Å². The van der Waals surface area contributed by atoms with Gasteiger partial charge in [0.2, 0.25) is 10.0 Å². The number of hydrogen-bond acceptors (Lipinski definition) is 5. The first kappa shape index (κ1) is 21.1. The van der Waals surface area contributed by atoms with Gasteiger partial charge in [-0.1, -0.05) is 18.2 Å². The minimum absolute atomic E-state index is 0.0767. The lowest BCUT2D eigenvalue weighted by atomic mass is 10.2. The van der Waals surface area contributed by atoms with E-state index < -0.39 is 10.0 Å². The normalized spacial score (nSPS) is 15.1. The number of piperazine rings is 1. The molecule has 1 aliphatic rings. The van der Waals surface area contributed by atoms with Crippen molar-refractivity contribution in [3.63, 3.8) is 0 Å². The molecule has 1 amide bonds. The van der Waals surface area contributed by atoms with Crippen LogP contribution >= 0.6 is 0 Å². The Hall–Kier alpha value is -2.58. The van der Waals surface area contributed by atoms with Crippen molar-refractivity contribution in [2.75, 3.05) is 50.0 Å². The minimum Gasteiger partial charge on any atom is -0.494 e. The third-order valence-corrected chi connectivity index (χ3v) is 6.70. The van der Waals surface area contributed by atoms with Crippen LogP contribution < -0.4 is 15.0 Å². The van der Waals surface area contributed by atoms with Crippen LogP contribution in [0.5, 0.6) is 5.75 Å². The van der Waals surface area contributed by atoms with Crippen molar-refractivity contribution in [2.45, 2.75) is 6.92 Å². The molecule has 3 rings (SSSR count). The molecule has 0 bridgehead atoms. The van der Waals surface area contributed by atoms with Gasteiger partial charge in [-0.25, -0.2) is 8.42 Å². The number of ether oxygens (including phenoxy) is 1. The lowest BCUT2D eigenvalue weighted by molar-refractivity contribution is 0.0956. The topological polar surface area (TPSA) is 78.9 Å². The maximum atomic E-state index is 12.6. The number of rotatable bonds is 8. The summed E-state index contributed by atoms with van der Waals surface area (Å²) in [6.07, 6.45) is 0. The number of nitrogens with zero attached hydrogens (tertiary/aromatic N) is 2. The summed E-state index contributed by atoms with van der Waals surface area (Å²) in [4.78, 5) is 14.4. The van der Waals surface area contributed by atoms with Crippen molar-refractivity contribution < 1.29 is 17.9 Å². The molecular formula is C21H27N3O4S. The molecule has 156 valence electrons. The van der Waals surface area contributed by atoms with E-state index in [2.05, 4.69) is 10.2 Å². The van der Waals surface area contributed by atoms with Crippen molar-refractivity contribution in [1.29, 1.82) is 0 Å². The molecule has 0 saturated carbocycles. The standard InChI is InChI=1S/C21H27N3O4S/c1-2-28-20-10-8-18(9-11-20)21(25)22-12-17-29(26,27)24-15-13-23(14-16-24)19-6-4-3-5-7-19/h3-11H,2,12-17H2,1H3,(H,22,25). The summed E-state index contributed by atoms with van der Waals surface area (Å²) in [5.74, 6) is 0.291. The van der Waals surface area contributed by atoms with Crippen LogP contribution in [0.3, 0.4) is 0 Å². The van der Waals surface area contributed by atoms with E-state index in [1.165, 1.54) is 4.31 Å². The number of benzene rings is 2. The zero-order valence-corrected chi connectivity index (χ0v) is 17.4. The predicted octanol–water partition coefficient (Wildman–Crippen LogP) is 1.97. The number of amides is 1. The quantitative estimate of drug-likeness (QED) is 0.710. The molecule has 1 N–H and O–H groups in total. The van der Waals surface area contributed by atoms with Crippen LogP contribution in [-0.2, 0) is 10.0 Å². The molecule has 2 aromatic carbocycles. The lowest BCUT2D eigenvalue weighted by Gasteiger charge is -2.35. The molecule has 0 aromatic heterocycles. The van der Waals surface area contributed by atoms with Crippen molar-refractivity contribution in [3.05, 3.63) is 60.2 Å². The van der Waals surface area contributed by atoms with Gasteiger partial charge in [-0.05, 0) is 43.3 Å². The Morgan fingerprint density at radius 3 is 2.28 bits per heavy atom. The summed E-state index contributed by atoms with van der Waals surface area (Å²) in [7, 11) is -3.41. The third kappa shape index (κ3) is 5.71. The van der Waals surface area contributed by atoms with Crippen LogP contribution in [0.25, 0.3) is 0 Å². The van der Waals surface area contributed by atoms with E-state index in [1.807, 2.05) is 37.3 Å². The van der Waals surface area contributed by atoms with E-state index in [0.717, 1.165) is 5.69 Å². The molecule has 0 radical (unpaired) electrons. The van der Waals surface area contributed by atoms with Gasteiger partial charge in [0.15, 0.2) is 0 Å². The first-order valence-electron chi connectivity index (χ1n) is 9.78. The van der Waals surface area contributed by atoms with Gasteiger partial charge in [0, 0.05) is 44.0 Å². The second-order valence-corrected chi connectivity index (χ2v) is 8.84. The zero-order valence-electron chi connectivity index (χ0n) is 16.6. The summed E-state index contributed by atoms with van der Waals surface area (Å²) in [5, 5.41) is 2.68. The van der Waals surface area contributed by atoms with E-state index in [1.54, 1.807) is 24.3 Å². The number of carbonyl (C=O) groups is 1. The molecule has 8 heteroatoms. The van der Waals surface area contributed by atoms with Gasteiger partial charge in [0.25, 0.3) is 5.91 Å². The van der Waals surface area contributed by atoms with Gasteiger partial charge in [-0.15, -0.1) is 0 Å². The molecule has 1 saturated heterocycles. The van der Waals surface area contributed by atoms with Crippen LogP contribution in [0.1, 0.15) is 17.3 Å². The number of nitrogens with one attached hydrogen (secondary N) is 1. The second-order valence-electron chi connectivity index (χ2n) is 6.75. The highest BCUT2D eigenvalue weighted by Gasteiger charge is 2.26. The Labute approximate surface area is 172 Å². The molecule has 0 aliphatic carbocycles. The van der Waals surface area contributed by atoms with Gasteiger partial charge in [-0.3, -0.25) is 4.79 Å². The summed E-state index contributed by atoms with van der Waals surface area (Å²) in [5.41, 5.74) is 1.58. The highest BCUT2D eigenvalue weighted by molar-refractivity contribution is 7.89. The number of hydrogen-bond donors (Lipinski definition) is 1. The summed E-state index contributed by atoms with van der Waals surface area (Å²) in [6.45, 7) is 4.73. The van der Waals surface area contributed by atoms with Gasteiger partial charge >= 0.3 is 0 Å². The Morgan fingerprint density at radius 1 is 1.00 bits per heavy atom. The van der Waals surface area contributed by atoms with Crippen molar-refractivity contribution in [2.24, 2.45) is 0 Å². The first-order valence-corrected chi connectivity index (χ1v) is 11.4. The highest BCUT2D eigenvalue weighted by atomic mass is 32.2. The Balaban J connectivity index is 1.46. The summed E-state index contributed by atoms with van der Waals surface area (Å²) >= 11 is 0. The average Bonchev–Trinajstić information content (AvgIpc) is 2.75. The van der Waals surface area contributed by atoms with Gasteiger partial charge < -0.3 is 15.0 Å². The van der Waals surface area contributed by atoms with E-state index in [4.69, 9.17) is 4.74 Å². The summed E-state index contributed by atoms with van der Waals surface area (Å²) < 4.78 is 32.1. The lowest BCUT2D eigenvalue weighted by Crippen LogP contribution is -2.50. The molecule has 1 heterocycles. The molecule has 29 heavy (non-hydrogen) atoms. The maximum Gasteiger partial charge on any atom is 0.251 e. The monoisotopic (exact) mass is 417 g/mol. The largest absolute Gasteiger partial charge is 0.494 e. The molecular weight excluding hydrogens is 390 g/mol. The third-order valence-electron chi connectivity index (χ3n) is 4.83. The van der Waals surface area contributed by atoms with Gasteiger partial charge in [0.1, 0.15) is 5.75 Å². The second kappa shape index (κ2) is 9.76. The number of sulfonamides is 1. The van der Waals surface area contributed by atoms with Crippen LogP contribution in [0.4, 0.5) is 5.69 Å². The Kier molecular flexibility index (Phi) is 7.11. The molecule has 0 atom stereocenters. The van der Waals surface area contributed by atoms with Gasteiger partial charge in [0.05, 0.1) is 12.4 Å². The Morgan fingerprint density at radius 2 is 1.66 bits per heavy atom. The number of carbonyl (C=O) groups excluding carboxylic acids is 1. The Bertz CT molecular complexity index is 893. The van der Waals surface area contributed by atoms with Crippen molar-refractivity contribution >= 4 is 21.6 Å². The SMILES string of the molecule is CCOc1ccc(C(=O)NCCS(=O)(=O)N2CCN(c3ccccc3)CC2)cc1. The fraction of sp³-hybridized carbons (Fsp3) is 0.381. The van der Waals surface area contributed by atoms with Crippen LogP contribution in [0.2, 0.25) is 0 Å². The number of para-hydroxylation sites is 1. The fourth-order valence-corrected chi connectivity index (χ4v) is 4.60. The highest BCUT2D eigenvalue weighted by Crippen LogP contribution is 2.17. The van der Waals surface area contributed by atoms with Gasteiger partial charge in [-0.2, -0.15) is 4.31 Å². The van der Waals surface area contributed by atoms with E-state index in [0.29, 0.717) is 44.1 Å². The smallest absolute Gasteiger partial charge is 0.251 e. The molecule has 1 aliphatic heterocycles. The van der Waals surface area contributed by atoms with E-state index >= 15 is 0 Å². The molecule has 0 unspecified atom stereocenters. The average molecular weight is 418 g/mol. The minimum atomic E-state index is -3.41. The van der Waals surface area contributed by atoms with Crippen molar-refractivity contribution in [3.8, 4) is 5.75 Å². The number of anilines is 1. The molecule has 7 nitrogen and oxygen atoms in total. The first-order chi connectivity index (χ1) is 14.0. The molecule has 0 spiro atoms. The summed E-state index contributed by atoms with van der Waals surface area (Å²) in [6, 6.07) is 16.8. The van der Waals surface area contributed by atoms with Crippen LogP contribution in [0, 0.1) is 0 Å². The molecule has 2 aromatic rings. The maximum absolute atomic E-state index is 12.6. The van der Waals surface area contributed by atoms with Crippen LogP contribution in [0.15, 0.2) is 54.6 Å². The zero-order chi connectivity index (χ0) is 20.7. The fourth-order valence-electron chi connectivity index (χ4n) is 3.26. The van der Waals surface area contributed by atoms with E-state index in [9.17, 15) is 13.2 Å².